The number of ether oxygens (including phenoxy) is 1. The highest BCUT2D eigenvalue weighted by Crippen LogP contribution is 2.06. The molecule has 0 aliphatic rings. The summed E-state index contributed by atoms with van der Waals surface area (Å²) in [5.74, 6) is -1.02. The lowest BCUT2D eigenvalue weighted by Gasteiger charge is -2.03. The van der Waals surface area contributed by atoms with Crippen LogP contribution in [0.25, 0.3) is 0 Å². The van der Waals surface area contributed by atoms with E-state index in [1.54, 1.807) is 68.4 Å². The fourth-order valence-corrected chi connectivity index (χ4v) is 1.68. The maximum absolute atomic E-state index is 11.8. The van der Waals surface area contributed by atoms with Crippen molar-refractivity contribution in [2.45, 2.75) is 13.8 Å². The number of allylic oxidation sites excluding steroid dienone is 1. The quantitative estimate of drug-likeness (QED) is 0.274. The second kappa shape index (κ2) is 8.43. The predicted molar refractivity (Wildman–Crippen MR) is 90.6 cm³/mol. The zero-order valence-corrected chi connectivity index (χ0v) is 13.4. The molecule has 0 aliphatic heterocycles. The van der Waals surface area contributed by atoms with Gasteiger partial charge < -0.3 is 9.57 Å². The summed E-state index contributed by atoms with van der Waals surface area (Å²) >= 11 is 0. The molecule has 5 nitrogen and oxygen atoms in total. The average molecular weight is 323 g/mol. The third-order valence-electron chi connectivity index (χ3n) is 3.20. The Morgan fingerprint density at radius 2 is 1.33 bits per heavy atom. The van der Waals surface area contributed by atoms with Crippen molar-refractivity contribution < 1.29 is 19.2 Å². The fourth-order valence-electron chi connectivity index (χ4n) is 1.68. The number of carbonyl (C=O) groups excluding carboxylic acids is 2. The van der Waals surface area contributed by atoms with E-state index in [9.17, 15) is 9.59 Å². The largest absolute Gasteiger partial charge is 0.431 e. The van der Waals surface area contributed by atoms with Crippen molar-refractivity contribution in [3.05, 3.63) is 83.6 Å². The van der Waals surface area contributed by atoms with Crippen molar-refractivity contribution in [2.24, 2.45) is 5.16 Å². The molecular weight excluding hydrogens is 306 g/mol. The molecule has 0 aromatic heterocycles. The molecule has 0 aliphatic carbocycles. The van der Waals surface area contributed by atoms with Gasteiger partial charge in [0.25, 0.3) is 0 Å². The molecule has 0 radical (unpaired) electrons. The van der Waals surface area contributed by atoms with Gasteiger partial charge in [0.1, 0.15) is 0 Å². The molecule has 0 heterocycles. The molecule has 0 fully saturated rings. The Bertz CT molecular complexity index is 697. The molecule has 0 saturated carbocycles. The number of hydrogen-bond acceptors (Lipinski definition) is 5. The van der Waals surface area contributed by atoms with Gasteiger partial charge in [0.2, 0.25) is 0 Å². The third-order valence-corrected chi connectivity index (χ3v) is 3.20. The molecule has 0 atom stereocenters. The number of nitrogens with zero attached hydrogens (tertiary/aromatic N) is 1. The van der Waals surface area contributed by atoms with Gasteiger partial charge in [-0.25, -0.2) is 9.59 Å². The van der Waals surface area contributed by atoms with E-state index < -0.39 is 11.9 Å². The van der Waals surface area contributed by atoms with Crippen molar-refractivity contribution >= 4 is 17.7 Å². The zero-order valence-electron chi connectivity index (χ0n) is 13.4. The molecule has 2 aromatic carbocycles. The van der Waals surface area contributed by atoms with Crippen molar-refractivity contribution in [1.29, 1.82) is 0 Å². The van der Waals surface area contributed by atoms with Gasteiger partial charge in [0.15, 0.2) is 0 Å². The zero-order chi connectivity index (χ0) is 17.4. The lowest BCUT2D eigenvalue weighted by atomic mass is 10.2. The molecule has 0 spiro atoms. The molecule has 5 heteroatoms. The third kappa shape index (κ3) is 4.91. The molecule has 0 saturated heterocycles. The number of benzene rings is 2. The standard InChI is InChI=1S/C19H17NO4/c1-14(13-23-18(21)16-9-5-3-6-10-16)15(2)20-24-19(22)17-11-7-4-8-12-17/h3-13H,1-2H3/b14-13?,20-15-. The summed E-state index contributed by atoms with van der Waals surface area (Å²) in [5.41, 5.74) is 1.86. The highest BCUT2D eigenvalue weighted by atomic mass is 16.7. The molecule has 2 rings (SSSR count). The van der Waals surface area contributed by atoms with Crippen molar-refractivity contribution in [1.82, 2.24) is 0 Å². The summed E-state index contributed by atoms with van der Waals surface area (Å²) in [4.78, 5) is 28.5. The van der Waals surface area contributed by atoms with Gasteiger partial charge in [-0.05, 0) is 38.1 Å². The number of hydrogen-bond donors (Lipinski definition) is 0. The summed E-state index contributed by atoms with van der Waals surface area (Å²) in [7, 11) is 0. The summed E-state index contributed by atoms with van der Waals surface area (Å²) in [6, 6.07) is 17.2. The number of oxime groups is 1. The van der Waals surface area contributed by atoms with E-state index in [2.05, 4.69) is 5.16 Å². The van der Waals surface area contributed by atoms with E-state index in [4.69, 9.17) is 9.57 Å². The molecular formula is C19H17NO4. The Morgan fingerprint density at radius 1 is 0.833 bits per heavy atom. The topological polar surface area (TPSA) is 65.0 Å². The molecule has 24 heavy (non-hydrogen) atoms. The molecule has 0 N–H and O–H groups in total. The highest BCUT2D eigenvalue weighted by Gasteiger charge is 2.08. The minimum absolute atomic E-state index is 0.409. The fraction of sp³-hybridized carbons (Fsp3) is 0.105. The Balaban J connectivity index is 1.94. The van der Waals surface area contributed by atoms with Gasteiger partial charge in [0, 0.05) is 5.57 Å². The predicted octanol–water partition coefficient (Wildman–Crippen LogP) is 3.98. The average Bonchev–Trinajstić information content (AvgIpc) is 2.64. The van der Waals surface area contributed by atoms with Crippen LogP contribution in [0, 0.1) is 0 Å². The minimum Gasteiger partial charge on any atom is -0.431 e. The minimum atomic E-state index is -0.552. The summed E-state index contributed by atoms with van der Waals surface area (Å²) in [5, 5.41) is 3.76. The lowest BCUT2D eigenvalue weighted by Crippen LogP contribution is -2.05. The smallest absolute Gasteiger partial charge is 0.365 e. The van der Waals surface area contributed by atoms with E-state index in [1.807, 2.05) is 6.07 Å². The van der Waals surface area contributed by atoms with Crippen molar-refractivity contribution in [2.75, 3.05) is 0 Å². The van der Waals surface area contributed by atoms with E-state index in [-0.39, 0.29) is 0 Å². The van der Waals surface area contributed by atoms with Crippen LogP contribution >= 0.6 is 0 Å². The molecule has 0 amide bonds. The first-order valence-corrected chi connectivity index (χ1v) is 7.32. The summed E-state index contributed by atoms with van der Waals surface area (Å²) in [6.45, 7) is 3.36. The van der Waals surface area contributed by atoms with Gasteiger partial charge in [-0.15, -0.1) is 0 Å². The van der Waals surface area contributed by atoms with E-state index >= 15 is 0 Å². The van der Waals surface area contributed by atoms with Gasteiger partial charge >= 0.3 is 11.9 Å². The van der Waals surface area contributed by atoms with Crippen LogP contribution in [-0.2, 0) is 9.57 Å². The van der Waals surface area contributed by atoms with Crippen LogP contribution in [0.1, 0.15) is 34.6 Å². The first-order chi connectivity index (χ1) is 11.6. The molecule has 2 aromatic rings. The van der Waals surface area contributed by atoms with Crippen LogP contribution in [0.3, 0.4) is 0 Å². The van der Waals surface area contributed by atoms with Gasteiger partial charge in [-0.2, -0.15) is 0 Å². The van der Waals surface area contributed by atoms with Crippen LogP contribution < -0.4 is 0 Å². The Labute approximate surface area is 140 Å². The Morgan fingerprint density at radius 3 is 1.88 bits per heavy atom. The van der Waals surface area contributed by atoms with Crippen LogP contribution in [0.5, 0.6) is 0 Å². The molecule has 122 valence electrons. The summed E-state index contributed by atoms with van der Waals surface area (Å²) < 4.78 is 5.08. The van der Waals surface area contributed by atoms with Crippen LogP contribution in [-0.4, -0.2) is 17.7 Å². The second-order valence-corrected chi connectivity index (χ2v) is 4.99. The van der Waals surface area contributed by atoms with Crippen LogP contribution in [0.2, 0.25) is 0 Å². The Hall–Kier alpha value is -3.21. The molecule has 0 bridgehead atoms. The van der Waals surface area contributed by atoms with Gasteiger partial charge in [0.05, 0.1) is 23.1 Å². The van der Waals surface area contributed by atoms with Crippen LogP contribution in [0.15, 0.2) is 77.7 Å². The van der Waals surface area contributed by atoms with E-state index in [0.29, 0.717) is 22.4 Å². The highest BCUT2D eigenvalue weighted by molar-refractivity contribution is 5.98. The second-order valence-electron chi connectivity index (χ2n) is 4.99. The lowest BCUT2D eigenvalue weighted by molar-refractivity contribution is 0.0515. The normalized spacial score (nSPS) is 11.8. The van der Waals surface area contributed by atoms with Gasteiger partial charge in [-0.3, -0.25) is 0 Å². The van der Waals surface area contributed by atoms with Crippen LogP contribution in [0.4, 0.5) is 0 Å². The Kier molecular flexibility index (Phi) is 6.02. The number of esters is 1. The van der Waals surface area contributed by atoms with Crippen molar-refractivity contribution in [3.63, 3.8) is 0 Å². The first-order valence-electron chi connectivity index (χ1n) is 7.32. The molecule has 0 unspecified atom stereocenters. The maximum Gasteiger partial charge on any atom is 0.365 e. The monoisotopic (exact) mass is 323 g/mol. The van der Waals surface area contributed by atoms with E-state index in [0.717, 1.165) is 0 Å². The first kappa shape index (κ1) is 17.1. The SMILES string of the molecule is CC(=COC(=O)c1ccccc1)/C(C)=N\OC(=O)c1ccccc1. The number of rotatable bonds is 5. The van der Waals surface area contributed by atoms with E-state index in [1.165, 1.54) is 6.26 Å². The maximum atomic E-state index is 11.8. The van der Waals surface area contributed by atoms with Crippen molar-refractivity contribution in [3.8, 4) is 0 Å². The number of carbonyl (C=O) groups is 2. The van der Waals surface area contributed by atoms with Gasteiger partial charge in [-0.1, -0.05) is 41.6 Å². The summed E-state index contributed by atoms with van der Waals surface area (Å²) in [6.07, 6.45) is 1.28.